The first kappa shape index (κ1) is 7.78. The predicted molar refractivity (Wildman–Crippen MR) is 44.9 cm³/mol. The fraction of sp³-hybridized carbons (Fsp3) is 0.429. The number of nitrogens with one attached hydrogen (secondary N) is 1. The van der Waals surface area contributed by atoms with Crippen molar-refractivity contribution >= 4 is 11.7 Å². The number of aryl methyl sites for hydroxylation is 1. The minimum Gasteiger partial charge on any atom is -0.387 e. The molecule has 0 atom stereocenters. The van der Waals surface area contributed by atoms with Crippen LogP contribution in [0.1, 0.15) is 18.9 Å². The number of nitrogens with zero attached hydrogens (tertiary/aromatic N) is 2. The number of aromatic nitrogens is 2. The molecule has 0 aromatic carbocycles. The largest absolute Gasteiger partial charge is 0.387 e. The molecule has 1 aromatic rings. The molecule has 0 radical (unpaired) electrons. The first-order valence-electron chi connectivity index (χ1n) is 3.57. The van der Waals surface area contributed by atoms with Gasteiger partial charge in [0.05, 0.1) is 6.20 Å². The third kappa shape index (κ3) is 1.80. The molecule has 0 aliphatic heterocycles. The minimum atomic E-state index is 0.623. The van der Waals surface area contributed by atoms with Gasteiger partial charge < -0.3 is 5.73 Å². The van der Waals surface area contributed by atoms with Gasteiger partial charge in [0.15, 0.2) is 5.82 Å². The lowest BCUT2D eigenvalue weighted by Gasteiger charge is -1.93. The van der Waals surface area contributed by atoms with Crippen LogP contribution in [-0.4, -0.2) is 16.0 Å². The molecule has 4 heteroatoms. The molecule has 0 aliphatic rings. The SMILES string of the molecule is CCC(N)=Nc1[nH]ncc1C. The van der Waals surface area contributed by atoms with E-state index in [0.717, 1.165) is 17.8 Å². The lowest BCUT2D eigenvalue weighted by Crippen LogP contribution is -2.08. The topological polar surface area (TPSA) is 67.1 Å². The van der Waals surface area contributed by atoms with Gasteiger partial charge >= 0.3 is 0 Å². The molecule has 0 amide bonds. The van der Waals surface area contributed by atoms with Crippen molar-refractivity contribution in [2.24, 2.45) is 10.7 Å². The Bertz CT molecular complexity index is 261. The van der Waals surface area contributed by atoms with E-state index in [1.165, 1.54) is 0 Å². The molecule has 0 spiro atoms. The molecule has 0 fully saturated rings. The summed E-state index contributed by atoms with van der Waals surface area (Å²) in [6, 6.07) is 0. The van der Waals surface area contributed by atoms with E-state index in [4.69, 9.17) is 5.73 Å². The van der Waals surface area contributed by atoms with Crippen molar-refractivity contribution in [1.82, 2.24) is 10.2 Å². The highest BCUT2D eigenvalue weighted by Crippen LogP contribution is 2.12. The second-order valence-electron chi connectivity index (χ2n) is 2.36. The second kappa shape index (κ2) is 3.18. The van der Waals surface area contributed by atoms with Gasteiger partial charge in [-0.2, -0.15) is 5.10 Å². The Morgan fingerprint density at radius 1 is 1.82 bits per heavy atom. The maximum Gasteiger partial charge on any atom is 0.152 e. The van der Waals surface area contributed by atoms with Crippen molar-refractivity contribution < 1.29 is 0 Å². The number of H-pyrrole nitrogens is 1. The molecule has 11 heavy (non-hydrogen) atoms. The van der Waals surface area contributed by atoms with E-state index in [2.05, 4.69) is 15.2 Å². The fourth-order valence-corrected chi connectivity index (χ4v) is 0.675. The zero-order valence-corrected chi connectivity index (χ0v) is 6.76. The van der Waals surface area contributed by atoms with E-state index < -0.39 is 0 Å². The summed E-state index contributed by atoms with van der Waals surface area (Å²) in [5, 5.41) is 6.57. The van der Waals surface area contributed by atoms with Crippen LogP contribution in [0.2, 0.25) is 0 Å². The predicted octanol–water partition coefficient (Wildman–Crippen LogP) is 1.12. The van der Waals surface area contributed by atoms with Gasteiger partial charge in [-0.1, -0.05) is 6.92 Å². The van der Waals surface area contributed by atoms with Crippen LogP contribution in [0.25, 0.3) is 0 Å². The first-order chi connectivity index (χ1) is 5.24. The van der Waals surface area contributed by atoms with Crippen molar-refractivity contribution in [3.63, 3.8) is 0 Å². The Hall–Kier alpha value is -1.32. The molecule has 0 aliphatic carbocycles. The van der Waals surface area contributed by atoms with Gasteiger partial charge in [0.25, 0.3) is 0 Å². The Balaban J connectivity index is 2.86. The van der Waals surface area contributed by atoms with Crippen molar-refractivity contribution in [1.29, 1.82) is 0 Å². The van der Waals surface area contributed by atoms with Crippen molar-refractivity contribution in [2.45, 2.75) is 20.3 Å². The number of amidine groups is 1. The standard InChI is InChI=1S/C7H12N4/c1-3-6(8)10-7-5(2)4-9-11-7/h4H,3H2,1-2H3,(H3,8,9,10,11). The fourth-order valence-electron chi connectivity index (χ4n) is 0.675. The lowest BCUT2D eigenvalue weighted by molar-refractivity contribution is 1.08. The van der Waals surface area contributed by atoms with Crippen molar-refractivity contribution in [3.8, 4) is 0 Å². The third-order valence-electron chi connectivity index (χ3n) is 1.42. The number of aromatic amines is 1. The Morgan fingerprint density at radius 3 is 3.00 bits per heavy atom. The summed E-state index contributed by atoms with van der Waals surface area (Å²) in [6.45, 7) is 3.90. The second-order valence-corrected chi connectivity index (χ2v) is 2.36. The van der Waals surface area contributed by atoms with Gasteiger partial charge in [0.1, 0.15) is 5.84 Å². The highest BCUT2D eigenvalue weighted by atomic mass is 15.2. The van der Waals surface area contributed by atoms with Crippen molar-refractivity contribution in [2.75, 3.05) is 0 Å². The van der Waals surface area contributed by atoms with Crippen LogP contribution in [0.3, 0.4) is 0 Å². The number of aliphatic imine (C=N–C) groups is 1. The molecule has 1 rings (SSSR count). The quantitative estimate of drug-likeness (QED) is 0.492. The van der Waals surface area contributed by atoms with Gasteiger partial charge in [-0.15, -0.1) is 0 Å². The van der Waals surface area contributed by atoms with E-state index in [1.54, 1.807) is 6.20 Å². The number of hydrogen-bond acceptors (Lipinski definition) is 2. The summed E-state index contributed by atoms with van der Waals surface area (Å²) in [5.41, 5.74) is 6.55. The normalized spacial score (nSPS) is 12.0. The molecule has 0 saturated carbocycles. The van der Waals surface area contributed by atoms with Gasteiger partial charge in [0, 0.05) is 12.0 Å². The molecular weight excluding hydrogens is 140 g/mol. The summed E-state index contributed by atoms with van der Waals surface area (Å²) in [4.78, 5) is 4.11. The zero-order valence-electron chi connectivity index (χ0n) is 6.76. The summed E-state index contributed by atoms with van der Waals surface area (Å²) in [5.74, 6) is 1.38. The first-order valence-corrected chi connectivity index (χ1v) is 3.57. The average Bonchev–Trinajstić information content (AvgIpc) is 2.37. The van der Waals surface area contributed by atoms with Gasteiger partial charge in [-0.3, -0.25) is 5.10 Å². The highest BCUT2D eigenvalue weighted by molar-refractivity contribution is 5.82. The monoisotopic (exact) mass is 152 g/mol. The lowest BCUT2D eigenvalue weighted by atomic mass is 10.4. The van der Waals surface area contributed by atoms with Crippen LogP contribution in [0, 0.1) is 6.92 Å². The van der Waals surface area contributed by atoms with Crippen LogP contribution in [0.15, 0.2) is 11.2 Å². The zero-order chi connectivity index (χ0) is 8.27. The summed E-state index contributed by atoms with van der Waals surface area (Å²) >= 11 is 0. The summed E-state index contributed by atoms with van der Waals surface area (Å²) in [6.07, 6.45) is 2.49. The Kier molecular flexibility index (Phi) is 2.25. The summed E-state index contributed by atoms with van der Waals surface area (Å²) in [7, 11) is 0. The number of nitrogens with two attached hydrogens (primary N) is 1. The molecular formula is C7H12N4. The summed E-state index contributed by atoms with van der Waals surface area (Å²) < 4.78 is 0. The van der Waals surface area contributed by atoms with Gasteiger partial charge in [-0.25, -0.2) is 4.99 Å². The van der Waals surface area contributed by atoms with E-state index in [9.17, 15) is 0 Å². The highest BCUT2D eigenvalue weighted by Gasteiger charge is 1.96. The maximum atomic E-state index is 5.54. The van der Waals surface area contributed by atoms with Gasteiger partial charge in [-0.05, 0) is 6.92 Å². The van der Waals surface area contributed by atoms with Crippen LogP contribution >= 0.6 is 0 Å². The molecule has 60 valence electrons. The third-order valence-corrected chi connectivity index (χ3v) is 1.42. The van der Waals surface area contributed by atoms with Gasteiger partial charge in [0.2, 0.25) is 0 Å². The van der Waals surface area contributed by atoms with E-state index in [-0.39, 0.29) is 0 Å². The Morgan fingerprint density at radius 2 is 2.55 bits per heavy atom. The van der Waals surface area contributed by atoms with Crippen LogP contribution in [-0.2, 0) is 0 Å². The molecule has 1 aromatic heterocycles. The average molecular weight is 152 g/mol. The molecule has 0 bridgehead atoms. The smallest absolute Gasteiger partial charge is 0.152 e. The molecule has 1 heterocycles. The number of hydrogen-bond donors (Lipinski definition) is 2. The number of rotatable bonds is 2. The van der Waals surface area contributed by atoms with Crippen LogP contribution in [0.4, 0.5) is 5.82 Å². The van der Waals surface area contributed by atoms with E-state index in [0.29, 0.717) is 5.84 Å². The Labute approximate surface area is 65.5 Å². The van der Waals surface area contributed by atoms with Crippen LogP contribution in [0.5, 0.6) is 0 Å². The maximum absolute atomic E-state index is 5.54. The van der Waals surface area contributed by atoms with E-state index >= 15 is 0 Å². The molecule has 0 unspecified atom stereocenters. The molecule has 4 nitrogen and oxygen atoms in total. The van der Waals surface area contributed by atoms with E-state index in [1.807, 2.05) is 13.8 Å². The molecule has 0 saturated heterocycles. The molecule has 3 N–H and O–H groups in total. The minimum absolute atomic E-state index is 0.623. The van der Waals surface area contributed by atoms with Crippen molar-refractivity contribution in [3.05, 3.63) is 11.8 Å². The van der Waals surface area contributed by atoms with Crippen LogP contribution < -0.4 is 5.73 Å².